The zero-order chi connectivity index (χ0) is 19.1. The van der Waals surface area contributed by atoms with Crippen molar-refractivity contribution in [3.63, 3.8) is 0 Å². The Labute approximate surface area is 160 Å². The second kappa shape index (κ2) is 8.85. The molecule has 0 bridgehead atoms. The first-order chi connectivity index (χ1) is 13.2. The van der Waals surface area contributed by atoms with E-state index in [-0.39, 0.29) is 6.10 Å². The second-order valence-corrected chi connectivity index (χ2v) is 6.29. The maximum absolute atomic E-state index is 5.88. The summed E-state index contributed by atoms with van der Waals surface area (Å²) in [5.74, 6) is 2.00. The number of hydrogen-bond donors (Lipinski definition) is 2. The summed E-state index contributed by atoms with van der Waals surface area (Å²) in [6.45, 7) is 8.37. The molecule has 0 aliphatic rings. The van der Waals surface area contributed by atoms with Crippen molar-refractivity contribution >= 4 is 17.5 Å². The molecule has 0 aliphatic carbocycles. The molecule has 1 aromatic heterocycles. The van der Waals surface area contributed by atoms with Gasteiger partial charge in [0.2, 0.25) is 5.95 Å². The molecule has 27 heavy (non-hydrogen) atoms. The van der Waals surface area contributed by atoms with Gasteiger partial charge in [-0.3, -0.25) is 0 Å². The predicted octanol–water partition coefficient (Wildman–Crippen LogP) is 5.27. The summed E-state index contributed by atoms with van der Waals surface area (Å²) in [5.41, 5.74) is 2.68. The third kappa shape index (κ3) is 5.07. The summed E-state index contributed by atoms with van der Waals surface area (Å²) in [4.78, 5) is 9.26. The first-order valence-corrected chi connectivity index (χ1v) is 8.97. The Morgan fingerprint density at radius 2 is 1.78 bits per heavy atom. The minimum Gasteiger partial charge on any atom is -0.489 e. The van der Waals surface area contributed by atoms with Crippen LogP contribution in [0.1, 0.15) is 13.8 Å². The summed E-state index contributed by atoms with van der Waals surface area (Å²) < 4.78 is 5.88. The molecule has 0 unspecified atom stereocenters. The lowest BCUT2D eigenvalue weighted by atomic mass is 10.1. The lowest BCUT2D eigenvalue weighted by Gasteiger charge is -2.15. The number of benzene rings is 2. The van der Waals surface area contributed by atoms with Crippen LogP contribution in [0.5, 0.6) is 5.75 Å². The monoisotopic (exact) mass is 360 g/mol. The van der Waals surface area contributed by atoms with E-state index in [4.69, 9.17) is 4.74 Å². The molecule has 1 heterocycles. The van der Waals surface area contributed by atoms with E-state index in [0.29, 0.717) is 12.5 Å². The van der Waals surface area contributed by atoms with Gasteiger partial charge in [-0.05, 0) is 26.0 Å². The molecule has 0 saturated heterocycles. The fraction of sp³-hybridized carbons (Fsp3) is 0.182. The van der Waals surface area contributed by atoms with Crippen LogP contribution in [0.3, 0.4) is 0 Å². The highest BCUT2D eigenvalue weighted by Gasteiger charge is 2.10. The summed E-state index contributed by atoms with van der Waals surface area (Å²) >= 11 is 0. The van der Waals surface area contributed by atoms with Gasteiger partial charge in [0, 0.05) is 18.2 Å². The number of hydrogen-bond acceptors (Lipinski definition) is 5. The molecule has 3 rings (SSSR count). The van der Waals surface area contributed by atoms with E-state index in [0.717, 1.165) is 28.5 Å². The van der Waals surface area contributed by atoms with Gasteiger partial charge in [0.1, 0.15) is 11.6 Å². The quantitative estimate of drug-likeness (QED) is 0.536. The van der Waals surface area contributed by atoms with Crippen molar-refractivity contribution in [2.75, 3.05) is 17.2 Å². The van der Waals surface area contributed by atoms with E-state index < -0.39 is 0 Å². The van der Waals surface area contributed by atoms with E-state index >= 15 is 0 Å². The van der Waals surface area contributed by atoms with E-state index in [1.807, 2.05) is 74.5 Å². The van der Waals surface area contributed by atoms with Crippen molar-refractivity contribution in [1.82, 2.24) is 9.97 Å². The van der Waals surface area contributed by atoms with Crippen LogP contribution in [0.2, 0.25) is 0 Å². The molecule has 0 fully saturated rings. The maximum atomic E-state index is 5.88. The van der Waals surface area contributed by atoms with Crippen LogP contribution in [0.15, 0.2) is 73.3 Å². The summed E-state index contributed by atoms with van der Waals surface area (Å²) in [6.07, 6.45) is 1.87. The van der Waals surface area contributed by atoms with Crippen molar-refractivity contribution in [1.29, 1.82) is 0 Å². The molecule has 138 valence electrons. The van der Waals surface area contributed by atoms with Gasteiger partial charge in [-0.2, -0.15) is 4.98 Å². The van der Waals surface area contributed by atoms with Crippen molar-refractivity contribution in [2.45, 2.75) is 20.0 Å². The fourth-order valence-electron chi connectivity index (χ4n) is 2.57. The second-order valence-electron chi connectivity index (χ2n) is 6.29. The van der Waals surface area contributed by atoms with Crippen LogP contribution >= 0.6 is 0 Å². The van der Waals surface area contributed by atoms with E-state index in [2.05, 4.69) is 27.2 Å². The Kier molecular flexibility index (Phi) is 6.05. The Balaban J connectivity index is 1.96. The molecule has 0 saturated carbocycles. The van der Waals surface area contributed by atoms with Crippen molar-refractivity contribution in [3.05, 3.63) is 73.3 Å². The van der Waals surface area contributed by atoms with E-state index in [9.17, 15) is 0 Å². The zero-order valence-corrected chi connectivity index (χ0v) is 15.6. The van der Waals surface area contributed by atoms with Gasteiger partial charge >= 0.3 is 0 Å². The van der Waals surface area contributed by atoms with Gasteiger partial charge in [-0.15, -0.1) is 6.58 Å². The van der Waals surface area contributed by atoms with Gasteiger partial charge in [0.25, 0.3) is 0 Å². The maximum Gasteiger partial charge on any atom is 0.229 e. The van der Waals surface area contributed by atoms with Gasteiger partial charge < -0.3 is 15.4 Å². The lowest BCUT2D eigenvalue weighted by molar-refractivity contribution is 0.244. The van der Waals surface area contributed by atoms with Gasteiger partial charge in [0.15, 0.2) is 0 Å². The predicted molar refractivity (Wildman–Crippen MR) is 112 cm³/mol. The Hall–Kier alpha value is -3.34. The molecule has 2 aromatic carbocycles. The SMILES string of the molecule is C=CCNc1cc(-c2ccccc2)nc(Nc2ccccc2OC(C)C)n1. The van der Waals surface area contributed by atoms with E-state index in [1.54, 1.807) is 6.08 Å². The molecule has 0 radical (unpaired) electrons. The highest BCUT2D eigenvalue weighted by Crippen LogP contribution is 2.29. The molecule has 0 atom stereocenters. The molecule has 0 amide bonds. The summed E-state index contributed by atoms with van der Waals surface area (Å²) in [7, 11) is 0. The van der Waals surface area contributed by atoms with Crippen molar-refractivity contribution in [2.24, 2.45) is 0 Å². The number of rotatable bonds is 8. The fourth-order valence-corrected chi connectivity index (χ4v) is 2.57. The standard InChI is InChI=1S/C22H24N4O/c1-4-14-23-21-15-19(17-10-6-5-7-11-17)25-22(26-21)24-18-12-8-9-13-20(18)27-16(2)3/h4-13,15-16H,1,14H2,2-3H3,(H2,23,24,25,26). The number of aromatic nitrogens is 2. The molecule has 3 aromatic rings. The van der Waals surface area contributed by atoms with Crippen LogP contribution in [0.4, 0.5) is 17.5 Å². The van der Waals surface area contributed by atoms with Crippen molar-refractivity contribution in [3.8, 4) is 17.0 Å². The minimum absolute atomic E-state index is 0.0781. The molecule has 5 heteroatoms. The van der Waals surface area contributed by atoms with Gasteiger partial charge in [0.05, 0.1) is 17.5 Å². The molecule has 0 spiro atoms. The molecule has 2 N–H and O–H groups in total. The van der Waals surface area contributed by atoms with E-state index in [1.165, 1.54) is 0 Å². The average molecular weight is 360 g/mol. The third-order valence-electron chi connectivity index (χ3n) is 3.72. The van der Waals surface area contributed by atoms with Crippen molar-refractivity contribution < 1.29 is 4.74 Å². The normalized spacial score (nSPS) is 10.5. The topological polar surface area (TPSA) is 59.1 Å². The number of para-hydroxylation sites is 2. The van der Waals surface area contributed by atoms with Gasteiger partial charge in [-0.1, -0.05) is 48.5 Å². The number of anilines is 3. The number of nitrogens with zero attached hydrogens (tertiary/aromatic N) is 2. The highest BCUT2D eigenvalue weighted by molar-refractivity contribution is 5.68. The first-order valence-electron chi connectivity index (χ1n) is 8.97. The highest BCUT2D eigenvalue weighted by atomic mass is 16.5. The zero-order valence-electron chi connectivity index (χ0n) is 15.6. The third-order valence-corrected chi connectivity index (χ3v) is 3.72. The average Bonchev–Trinajstić information content (AvgIpc) is 2.68. The van der Waals surface area contributed by atoms with Crippen LogP contribution < -0.4 is 15.4 Å². The van der Waals surface area contributed by atoms with Gasteiger partial charge in [-0.25, -0.2) is 4.98 Å². The Bertz CT molecular complexity index is 894. The number of nitrogens with one attached hydrogen (secondary N) is 2. The smallest absolute Gasteiger partial charge is 0.229 e. The minimum atomic E-state index is 0.0781. The largest absolute Gasteiger partial charge is 0.489 e. The number of ether oxygens (including phenoxy) is 1. The van der Waals surface area contributed by atoms with Crippen LogP contribution in [0, 0.1) is 0 Å². The van der Waals surface area contributed by atoms with Crippen LogP contribution in [-0.4, -0.2) is 22.6 Å². The first kappa shape index (κ1) is 18.5. The summed E-state index contributed by atoms with van der Waals surface area (Å²) in [6, 6.07) is 19.7. The Morgan fingerprint density at radius 3 is 2.52 bits per heavy atom. The lowest BCUT2D eigenvalue weighted by Crippen LogP contribution is -2.09. The van der Waals surface area contributed by atoms with Crippen LogP contribution in [-0.2, 0) is 0 Å². The molecular formula is C22H24N4O. The molecule has 5 nitrogen and oxygen atoms in total. The Morgan fingerprint density at radius 1 is 1.04 bits per heavy atom. The molecular weight excluding hydrogens is 336 g/mol. The van der Waals surface area contributed by atoms with Crippen LogP contribution in [0.25, 0.3) is 11.3 Å². The summed E-state index contributed by atoms with van der Waals surface area (Å²) in [5, 5.41) is 6.53. The molecule has 0 aliphatic heterocycles.